The van der Waals surface area contributed by atoms with Crippen molar-refractivity contribution in [2.24, 2.45) is 0 Å². The van der Waals surface area contributed by atoms with Gasteiger partial charge in [-0.1, -0.05) is 121 Å². The minimum atomic E-state index is 0.442. The number of hydrogen-bond acceptors (Lipinski definition) is 1. The second-order valence-corrected chi connectivity index (χ2v) is 13.5. The summed E-state index contributed by atoms with van der Waals surface area (Å²) in [5, 5.41) is 14.9. The molecule has 250 valence electrons. The second-order valence-electron chi connectivity index (χ2n) is 13.5. The Morgan fingerprint density at radius 2 is 1.00 bits per heavy atom. The van der Waals surface area contributed by atoms with Crippen LogP contribution in [0.3, 0.4) is 0 Å². The van der Waals surface area contributed by atoms with Gasteiger partial charge in [-0.25, -0.2) is 4.85 Å². The van der Waals surface area contributed by atoms with Crippen molar-refractivity contribution in [1.82, 2.24) is 9.13 Å². The maximum Gasteiger partial charge on any atom is 0.196 e. The second kappa shape index (κ2) is 12.5. The standard InChI is InChI=1S/C50H30N4/c1-52-42-22-13-18-37(32-51)48(42)50-47(29-28-46-49(50)39-21-11-12-23-43(39)53(46)38-19-9-4-10-20-38)54-44-26-24-35(33-14-5-2-6-15-33)30-40(44)41-31-36(25-27-45(41)54)34-16-7-3-8-17-34/h2-31H. The lowest BCUT2D eigenvalue weighted by Crippen LogP contribution is -2.00. The number of hydrogen-bond donors (Lipinski definition) is 0. The maximum atomic E-state index is 10.6. The zero-order valence-electron chi connectivity index (χ0n) is 29.1. The summed E-state index contributed by atoms with van der Waals surface area (Å²) in [4.78, 5) is 4.03. The molecule has 54 heavy (non-hydrogen) atoms. The predicted molar refractivity (Wildman–Crippen MR) is 222 cm³/mol. The van der Waals surface area contributed by atoms with Crippen LogP contribution in [-0.4, -0.2) is 9.13 Å². The molecule has 0 atom stereocenters. The Morgan fingerprint density at radius 3 is 1.61 bits per heavy atom. The fourth-order valence-corrected chi connectivity index (χ4v) is 8.24. The van der Waals surface area contributed by atoms with E-state index in [4.69, 9.17) is 6.57 Å². The molecular formula is C50H30N4. The number of rotatable bonds is 5. The van der Waals surface area contributed by atoms with E-state index in [9.17, 15) is 5.26 Å². The van der Waals surface area contributed by atoms with Crippen molar-refractivity contribution in [3.05, 3.63) is 199 Å². The zero-order chi connectivity index (χ0) is 36.2. The van der Waals surface area contributed by atoms with Crippen molar-refractivity contribution < 1.29 is 0 Å². The molecule has 4 nitrogen and oxygen atoms in total. The third kappa shape index (κ3) is 4.76. The topological polar surface area (TPSA) is 38.0 Å². The van der Waals surface area contributed by atoms with Gasteiger partial charge >= 0.3 is 0 Å². The lowest BCUT2D eigenvalue weighted by atomic mass is 9.92. The van der Waals surface area contributed by atoms with E-state index in [0.717, 1.165) is 82.8 Å². The highest BCUT2D eigenvalue weighted by atomic mass is 15.0. The Hall–Kier alpha value is -7.66. The monoisotopic (exact) mass is 686 g/mol. The Bertz CT molecular complexity index is 3030. The molecule has 2 aromatic heterocycles. The molecule has 10 aromatic rings. The van der Waals surface area contributed by atoms with E-state index in [-0.39, 0.29) is 0 Å². The van der Waals surface area contributed by atoms with E-state index < -0.39 is 0 Å². The first-order valence-corrected chi connectivity index (χ1v) is 18.0. The average Bonchev–Trinajstić information content (AvgIpc) is 3.76. The molecule has 0 fully saturated rings. The first-order valence-electron chi connectivity index (χ1n) is 18.0. The lowest BCUT2D eigenvalue weighted by Gasteiger charge is -2.18. The average molecular weight is 687 g/mol. The van der Waals surface area contributed by atoms with Crippen LogP contribution < -0.4 is 0 Å². The Morgan fingerprint density at radius 1 is 0.444 bits per heavy atom. The summed E-state index contributed by atoms with van der Waals surface area (Å²) in [6.45, 7) is 8.34. The van der Waals surface area contributed by atoms with Crippen molar-refractivity contribution in [1.29, 1.82) is 5.26 Å². The van der Waals surface area contributed by atoms with Gasteiger partial charge in [-0.15, -0.1) is 0 Å². The van der Waals surface area contributed by atoms with Gasteiger partial charge in [-0.05, 0) is 82.9 Å². The van der Waals surface area contributed by atoms with Crippen LogP contribution in [0, 0.1) is 17.9 Å². The summed E-state index contributed by atoms with van der Waals surface area (Å²) in [5.74, 6) is 0. The number of fused-ring (bicyclic) bond motifs is 6. The summed E-state index contributed by atoms with van der Waals surface area (Å²) >= 11 is 0. The zero-order valence-corrected chi connectivity index (χ0v) is 29.1. The molecular weight excluding hydrogens is 657 g/mol. The van der Waals surface area contributed by atoms with Gasteiger partial charge in [0.15, 0.2) is 5.69 Å². The molecule has 10 rings (SSSR count). The first-order chi connectivity index (χ1) is 26.7. The molecule has 2 heterocycles. The van der Waals surface area contributed by atoms with Gasteiger partial charge in [0.25, 0.3) is 0 Å². The van der Waals surface area contributed by atoms with E-state index in [2.05, 4.69) is 166 Å². The van der Waals surface area contributed by atoms with Crippen molar-refractivity contribution in [2.45, 2.75) is 0 Å². The van der Waals surface area contributed by atoms with E-state index in [0.29, 0.717) is 16.8 Å². The molecule has 0 amide bonds. The molecule has 0 saturated heterocycles. The van der Waals surface area contributed by atoms with Crippen LogP contribution >= 0.6 is 0 Å². The molecule has 0 unspecified atom stereocenters. The van der Waals surface area contributed by atoms with Gasteiger partial charge in [0.1, 0.15) is 0 Å². The summed E-state index contributed by atoms with van der Waals surface area (Å²) in [5.41, 5.74) is 13.1. The van der Waals surface area contributed by atoms with Crippen LogP contribution in [-0.2, 0) is 0 Å². The van der Waals surface area contributed by atoms with E-state index in [1.54, 1.807) is 6.07 Å². The molecule has 0 radical (unpaired) electrons. The molecule has 0 aliphatic rings. The highest BCUT2D eigenvalue weighted by molar-refractivity contribution is 6.20. The van der Waals surface area contributed by atoms with Crippen LogP contribution in [0.2, 0.25) is 0 Å². The highest BCUT2D eigenvalue weighted by Crippen LogP contribution is 2.48. The minimum absolute atomic E-state index is 0.442. The van der Waals surface area contributed by atoms with Crippen LogP contribution in [0.15, 0.2) is 182 Å². The van der Waals surface area contributed by atoms with Crippen molar-refractivity contribution in [2.75, 3.05) is 0 Å². The number of nitriles is 1. The molecule has 0 bridgehead atoms. The number of nitrogens with zero attached hydrogens (tertiary/aromatic N) is 4. The van der Waals surface area contributed by atoms with E-state index in [1.807, 2.05) is 30.3 Å². The molecule has 0 saturated carbocycles. The van der Waals surface area contributed by atoms with Crippen molar-refractivity contribution in [3.63, 3.8) is 0 Å². The predicted octanol–water partition coefficient (Wildman–Crippen LogP) is 13.3. The van der Waals surface area contributed by atoms with E-state index >= 15 is 0 Å². The smallest absolute Gasteiger partial charge is 0.196 e. The summed E-state index contributed by atoms with van der Waals surface area (Å²) in [6, 6.07) is 65.5. The molecule has 0 aliphatic carbocycles. The molecule has 0 aliphatic heterocycles. The largest absolute Gasteiger partial charge is 0.309 e. The van der Waals surface area contributed by atoms with Gasteiger partial charge in [-0.2, -0.15) is 5.26 Å². The van der Waals surface area contributed by atoms with Gasteiger partial charge < -0.3 is 9.13 Å². The Kier molecular flexibility index (Phi) is 7.22. The Labute approximate surface area is 312 Å². The Balaban J connectivity index is 1.39. The highest BCUT2D eigenvalue weighted by Gasteiger charge is 2.25. The third-order valence-electron chi connectivity index (χ3n) is 10.6. The van der Waals surface area contributed by atoms with Crippen LogP contribution in [0.4, 0.5) is 5.69 Å². The quantitative estimate of drug-likeness (QED) is 0.166. The number of aromatic nitrogens is 2. The summed E-state index contributed by atoms with van der Waals surface area (Å²) < 4.78 is 4.62. The van der Waals surface area contributed by atoms with Gasteiger partial charge in [-0.3, -0.25) is 0 Å². The maximum absolute atomic E-state index is 10.6. The van der Waals surface area contributed by atoms with Crippen molar-refractivity contribution in [3.8, 4) is 50.8 Å². The molecule has 0 N–H and O–H groups in total. The van der Waals surface area contributed by atoms with E-state index in [1.165, 1.54) is 0 Å². The fourth-order valence-electron chi connectivity index (χ4n) is 8.24. The van der Waals surface area contributed by atoms with Gasteiger partial charge in [0.05, 0.1) is 40.4 Å². The number of para-hydroxylation sites is 2. The van der Waals surface area contributed by atoms with Gasteiger partial charge in [0, 0.05) is 43.9 Å². The number of benzene rings is 8. The third-order valence-corrected chi connectivity index (χ3v) is 10.6. The van der Waals surface area contributed by atoms with Crippen molar-refractivity contribution >= 4 is 49.3 Å². The molecule has 0 spiro atoms. The first kappa shape index (κ1) is 31.1. The van der Waals surface area contributed by atoms with Crippen LogP contribution in [0.1, 0.15) is 5.56 Å². The fraction of sp³-hybridized carbons (Fsp3) is 0. The summed E-state index contributed by atoms with van der Waals surface area (Å²) in [6.07, 6.45) is 0. The van der Waals surface area contributed by atoms with Gasteiger partial charge in [0.2, 0.25) is 0 Å². The summed E-state index contributed by atoms with van der Waals surface area (Å²) in [7, 11) is 0. The molecule has 4 heteroatoms. The molecule has 8 aromatic carbocycles. The van der Waals surface area contributed by atoms with Crippen LogP contribution in [0.25, 0.3) is 93.2 Å². The lowest BCUT2D eigenvalue weighted by molar-refractivity contribution is 1.17. The SMILES string of the molecule is [C-]#[N+]c1cccc(C#N)c1-c1c(-n2c3ccc(-c4ccccc4)cc3c3cc(-c4ccccc4)ccc32)ccc2c1c1ccccc1n2-c1ccccc1. The minimum Gasteiger partial charge on any atom is -0.309 e. The normalized spacial score (nSPS) is 11.3. The van der Waals surface area contributed by atoms with Crippen LogP contribution in [0.5, 0.6) is 0 Å².